The number of hydrogen-bond acceptors (Lipinski definition) is 8. The Hall–Kier alpha value is -3.56. The average molecular weight is 441 g/mol. The fourth-order valence-corrected chi connectivity index (χ4v) is 2.95. The van der Waals surface area contributed by atoms with Crippen LogP contribution in [0.15, 0.2) is 42.5 Å². The number of phenolic OH excluding ortho intramolecular Hbond substituents is 1. The van der Waals surface area contributed by atoms with E-state index in [1.54, 1.807) is 20.1 Å². The molecule has 9 heteroatoms. The lowest BCUT2D eigenvalue weighted by Crippen LogP contribution is -2.11. The second-order valence-electron chi connectivity index (χ2n) is 6.95. The Balaban J connectivity index is 1.83. The van der Waals surface area contributed by atoms with Gasteiger partial charge in [-0.3, -0.25) is 4.79 Å². The summed E-state index contributed by atoms with van der Waals surface area (Å²) >= 11 is 0. The Bertz CT molecular complexity index is 1110. The molecule has 0 aliphatic heterocycles. The van der Waals surface area contributed by atoms with Crippen molar-refractivity contribution in [2.45, 2.75) is 6.92 Å². The van der Waals surface area contributed by atoms with E-state index in [2.05, 4.69) is 9.97 Å². The fourth-order valence-electron chi connectivity index (χ4n) is 2.95. The zero-order valence-electron chi connectivity index (χ0n) is 17.8. The number of carbonyl (C=O) groups excluding carboxylic acids is 1. The van der Waals surface area contributed by atoms with E-state index in [1.807, 2.05) is 0 Å². The molecule has 0 bridgehead atoms. The first-order valence-electron chi connectivity index (χ1n) is 9.87. The number of halogens is 1. The van der Waals surface area contributed by atoms with Crippen LogP contribution in [0.4, 0.5) is 10.3 Å². The van der Waals surface area contributed by atoms with Gasteiger partial charge in [-0.05, 0) is 42.8 Å². The molecule has 0 fully saturated rings. The summed E-state index contributed by atoms with van der Waals surface area (Å²) in [7, 11) is 1.58. The molecule has 3 aromatic rings. The van der Waals surface area contributed by atoms with Crippen molar-refractivity contribution in [1.29, 1.82) is 0 Å². The number of aryl methyl sites for hydroxylation is 1. The summed E-state index contributed by atoms with van der Waals surface area (Å²) in [4.78, 5) is 21.0. The highest BCUT2D eigenvalue weighted by atomic mass is 19.1. The van der Waals surface area contributed by atoms with Gasteiger partial charge in [-0.1, -0.05) is 6.07 Å². The molecule has 0 saturated carbocycles. The molecule has 0 radical (unpaired) electrons. The third-order valence-corrected chi connectivity index (χ3v) is 4.53. The number of phenols is 1. The van der Waals surface area contributed by atoms with E-state index in [0.29, 0.717) is 25.4 Å². The molecule has 3 rings (SSSR count). The maximum absolute atomic E-state index is 14.3. The van der Waals surface area contributed by atoms with Crippen LogP contribution in [0.3, 0.4) is 0 Å². The van der Waals surface area contributed by atoms with Crippen LogP contribution in [0.1, 0.15) is 21.5 Å². The third-order valence-electron chi connectivity index (χ3n) is 4.53. The van der Waals surface area contributed by atoms with E-state index in [-0.39, 0.29) is 46.6 Å². The molecule has 0 amide bonds. The Kier molecular flexibility index (Phi) is 7.69. The van der Waals surface area contributed by atoms with Crippen LogP contribution >= 0.6 is 0 Å². The summed E-state index contributed by atoms with van der Waals surface area (Å²) in [6.07, 6.45) is 0. The molecule has 3 N–H and O–H groups in total. The second kappa shape index (κ2) is 10.7. The first kappa shape index (κ1) is 23.1. The number of nitrogen functional groups attached to an aromatic ring is 1. The zero-order chi connectivity index (χ0) is 23.1. The second-order valence-corrected chi connectivity index (χ2v) is 6.95. The third kappa shape index (κ3) is 5.77. The van der Waals surface area contributed by atoms with Crippen LogP contribution < -0.4 is 10.5 Å². The number of ketones is 1. The van der Waals surface area contributed by atoms with Crippen molar-refractivity contribution in [3.63, 3.8) is 0 Å². The number of hydrogen-bond donors (Lipinski definition) is 2. The summed E-state index contributed by atoms with van der Waals surface area (Å²) in [5.74, 6) is -1.14. The van der Waals surface area contributed by atoms with Crippen molar-refractivity contribution >= 4 is 11.7 Å². The van der Waals surface area contributed by atoms with Crippen molar-refractivity contribution in [2.24, 2.45) is 0 Å². The number of benzene rings is 2. The SMILES string of the molecule is COCCOCCOc1cc(-c2cc(C(=O)c3ccc(C)cc3F)ccc2O)nc(N)n1. The molecular formula is C23H24FN3O5. The van der Waals surface area contributed by atoms with E-state index in [1.165, 1.54) is 36.4 Å². The van der Waals surface area contributed by atoms with E-state index in [9.17, 15) is 14.3 Å². The van der Waals surface area contributed by atoms with Gasteiger partial charge in [-0.2, -0.15) is 4.98 Å². The molecule has 0 unspecified atom stereocenters. The normalized spacial score (nSPS) is 10.8. The maximum Gasteiger partial charge on any atom is 0.223 e. The number of anilines is 1. The van der Waals surface area contributed by atoms with Crippen molar-refractivity contribution < 1.29 is 28.5 Å². The van der Waals surface area contributed by atoms with Crippen LogP contribution in [0.25, 0.3) is 11.3 Å². The number of methoxy groups -OCH3 is 1. The largest absolute Gasteiger partial charge is 0.507 e. The quantitative estimate of drug-likeness (QED) is 0.364. The highest BCUT2D eigenvalue weighted by Crippen LogP contribution is 2.31. The molecule has 32 heavy (non-hydrogen) atoms. The number of nitrogens with two attached hydrogens (primary N) is 1. The minimum Gasteiger partial charge on any atom is -0.507 e. The molecule has 2 aromatic carbocycles. The summed E-state index contributed by atoms with van der Waals surface area (Å²) < 4.78 is 30.0. The number of rotatable bonds is 10. The van der Waals surface area contributed by atoms with E-state index in [4.69, 9.17) is 19.9 Å². The lowest BCUT2D eigenvalue weighted by atomic mass is 9.98. The first-order chi connectivity index (χ1) is 15.4. The smallest absolute Gasteiger partial charge is 0.223 e. The molecule has 1 aromatic heterocycles. The lowest BCUT2D eigenvalue weighted by Gasteiger charge is -2.11. The number of ether oxygens (including phenoxy) is 3. The zero-order valence-corrected chi connectivity index (χ0v) is 17.8. The number of aromatic hydroxyl groups is 1. The summed E-state index contributed by atoms with van der Waals surface area (Å²) in [6, 6.07) is 10.1. The van der Waals surface area contributed by atoms with Crippen molar-refractivity contribution in [2.75, 3.05) is 39.3 Å². The topological polar surface area (TPSA) is 117 Å². The fraction of sp³-hybridized carbons (Fsp3) is 0.261. The van der Waals surface area contributed by atoms with Crippen molar-refractivity contribution in [3.8, 4) is 22.9 Å². The van der Waals surface area contributed by atoms with Crippen molar-refractivity contribution in [3.05, 3.63) is 65.0 Å². The Morgan fingerprint density at radius 1 is 1.06 bits per heavy atom. The summed E-state index contributed by atoms with van der Waals surface area (Å²) in [6.45, 7) is 3.19. The molecule has 0 aliphatic carbocycles. The van der Waals surface area contributed by atoms with Gasteiger partial charge in [0.05, 0.1) is 31.1 Å². The van der Waals surface area contributed by atoms with Gasteiger partial charge in [0.25, 0.3) is 0 Å². The van der Waals surface area contributed by atoms with Gasteiger partial charge in [0.1, 0.15) is 18.2 Å². The van der Waals surface area contributed by atoms with Crippen LogP contribution in [-0.2, 0) is 9.47 Å². The predicted molar refractivity (Wildman–Crippen MR) is 116 cm³/mol. The minimum atomic E-state index is -0.612. The molecule has 168 valence electrons. The van der Waals surface area contributed by atoms with Crippen LogP contribution in [0, 0.1) is 12.7 Å². The van der Waals surface area contributed by atoms with Gasteiger partial charge in [0, 0.05) is 24.3 Å². The molecule has 0 atom stereocenters. The first-order valence-corrected chi connectivity index (χ1v) is 9.87. The van der Waals surface area contributed by atoms with Gasteiger partial charge < -0.3 is 25.1 Å². The predicted octanol–water partition coefficient (Wildman–Crippen LogP) is 3.15. The van der Waals surface area contributed by atoms with Crippen LogP contribution in [-0.4, -0.2) is 54.4 Å². The highest BCUT2D eigenvalue weighted by Gasteiger charge is 2.18. The van der Waals surface area contributed by atoms with E-state index < -0.39 is 11.6 Å². The van der Waals surface area contributed by atoms with Gasteiger partial charge in [-0.15, -0.1) is 0 Å². The van der Waals surface area contributed by atoms with Crippen LogP contribution in [0.2, 0.25) is 0 Å². The maximum atomic E-state index is 14.3. The Labute approximate surface area is 184 Å². The monoisotopic (exact) mass is 441 g/mol. The van der Waals surface area contributed by atoms with Gasteiger partial charge in [0.15, 0.2) is 5.78 Å². The summed E-state index contributed by atoms with van der Waals surface area (Å²) in [5.41, 5.74) is 7.11. The molecule has 8 nitrogen and oxygen atoms in total. The number of nitrogens with zero attached hydrogens (tertiary/aromatic N) is 2. The lowest BCUT2D eigenvalue weighted by molar-refractivity contribution is 0.0537. The van der Waals surface area contributed by atoms with Crippen LogP contribution in [0.5, 0.6) is 11.6 Å². The standard InChI is InChI=1S/C23H24FN3O5/c1-14-3-5-16(18(24)11-14)22(29)15-4-6-20(28)17(12-15)19-13-21(27-23(25)26-19)32-10-9-31-8-7-30-2/h3-6,11-13,28H,7-10H2,1-2H3,(H2,25,26,27). The Morgan fingerprint density at radius 3 is 2.59 bits per heavy atom. The van der Waals surface area contributed by atoms with E-state index in [0.717, 1.165) is 0 Å². The molecule has 0 aliphatic rings. The summed E-state index contributed by atoms with van der Waals surface area (Å²) in [5, 5.41) is 10.4. The number of carbonyl (C=O) groups is 1. The van der Waals surface area contributed by atoms with Gasteiger partial charge in [-0.25, -0.2) is 9.37 Å². The molecule has 0 saturated heterocycles. The van der Waals surface area contributed by atoms with Crippen molar-refractivity contribution in [1.82, 2.24) is 9.97 Å². The van der Waals surface area contributed by atoms with Gasteiger partial charge >= 0.3 is 0 Å². The molecular weight excluding hydrogens is 417 g/mol. The minimum absolute atomic E-state index is 0.0630. The van der Waals surface area contributed by atoms with E-state index >= 15 is 0 Å². The molecule has 1 heterocycles. The van der Waals surface area contributed by atoms with Gasteiger partial charge in [0.2, 0.25) is 11.8 Å². The highest BCUT2D eigenvalue weighted by molar-refractivity contribution is 6.09. The number of aromatic nitrogens is 2. The molecule has 0 spiro atoms. The average Bonchev–Trinajstić information content (AvgIpc) is 2.75. The Morgan fingerprint density at radius 2 is 1.84 bits per heavy atom.